The second-order valence-corrected chi connectivity index (χ2v) is 12.0. The average molecular weight is 567 g/mol. The fraction of sp³-hybridized carbons (Fsp3) is 0.100. The minimum Gasteiger partial charge on any atom is -0.307 e. The van der Waals surface area contributed by atoms with Gasteiger partial charge in [-0.05, 0) is 100.0 Å². The number of rotatable bonds is 3. The predicted octanol–water partition coefficient (Wildman–Crippen LogP) is 10.0. The van der Waals surface area contributed by atoms with Gasteiger partial charge in [-0.1, -0.05) is 58.7 Å². The van der Waals surface area contributed by atoms with Crippen LogP contribution in [-0.4, -0.2) is 14.1 Å². The van der Waals surface area contributed by atoms with Crippen molar-refractivity contribution in [3.8, 4) is 28.7 Å². The van der Waals surface area contributed by atoms with E-state index in [4.69, 9.17) is 4.98 Å². The minimum atomic E-state index is 0.639. The smallest absolute Gasteiger partial charge is 0.138 e. The van der Waals surface area contributed by atoms with Crippen molar-refractivity contribution in [2.75, 3.05) is 0 Å². The Morgan fingerprint density at radius 2 is 0.955 bits per heavy atom. The van der Waals surface area contributed by atoms with Crippen LogP contribution in [0.3, 0.4) is 0 Å². The minimum absolute atomic E-state index is 0.639. The van der Waals surface area contributed by atoms with Gasteiger partial charge in [0, 0.05) is 27.1 Å². The molecule has 0 amide bonds. The molecule has 0 aliphatic rings. The van der Waals surface area contributed by atoms with E-state index in [2.05, 4.69) is 122 Å². The van der Waals surface area contributed by atoms with Gasteiger partial charge < -0.3 is 4.57 Å². The SMILES string of the molecule is Cc1ccc2c(c1)c1cc(C)ccc1n2-c1cc(-c2ccc(C#N)cc2)c(-n2c3ccc(C)cc3c3cc(C)ccc32)cn1. The van der Waals surface area contributed by atoms with Crippen LogP contribution in [0.5, 0.6) is 0 Å². The lowest BCUT2D eigenvalue weighted by atomic mass is 10.0. The Balaban J connectivity index is 1.47. The number of hydrogen-bond acceptors (Lipinski definition) is 2. The molecule has 0 spiro atoms. The molecule has 0 aliphatic heterocycles. The average Bonchev–Trinajstić information content (AvgIpc) is 3.52. The summed E-state index contributed by atoms with van der Waals surface area (Å²) in [4.78, 5) is 5.18. The molecule has 0 fully saturated rings. The van der Waals surface area contributed by atoms with E-state index in [-0.39, 0.29) is 0 Å². The molecule has 0 unspecified atom stereocenters. The van der Waals surface area contributed by atoms with Gasteiger partial charge in [-0.15, -0.1) is 0 Å². The van der Waals surface area contributed by atoms with E-state index in [1.54, 1.807) is 0 Å². The summed E-state index contributed by atoms with van der Waals surface area (Å²) in [6.07, 6.45) is 2.02. The maximum atomic E-state index is 9.53. The van der Waals surface area contributed by atoms with Crippen LogP contribution in [0.1, 0.15) is 27.8 Å². The van der Waals surface area contributed by atoms with Crippen molar-refractivity contribution >= 4 is 43.6 Å². The molecule has 210 valence electrons. The Labute approximate surface area is 256 Å². The van der Waals surface area contributed by atoms with Crippen LogP contribution in [0.25, 0.3) is 66.2 Å². The van der Waals surface area contributed by atoms with Gasteiger partial charge in [0.25, 0.3) is 0 Å². The van der Waals surface area contributed by atoms with E-state index in [1.165, 1.54) is 43.8 Å². The summed E-state index contributed by atoms with van der Waals surface area (Å²) >= 11 is 0. The lowest BCUT2D eigenvalue weighted by Gasteiger charge is -2.16. The molecule has 0 saturated carbocycles. The molecule has 44 heavy (non-hydrogen) atoms. The Hall–Kier alpha value is -5.66. The van der Waals surface area contributed by atoms with Crippen molar-refractivity contribution < 1.29 is 0 Å². The highest BCUT2D eigenvalue weighted by molar-refractivity contribution is 6.11. The molecule has 0 aliphatic carbocycles. The van der Waals surface area contributed by atoms with E-state index in [0.29, 0.717) is 5.56 Å². The van der Waals surface area contributed by atoms with E-state index < -0.39 is 0 Å². The van der Waals surface area contributed by atoms with Crippen LogP contribution in [0, 0.1) is 39.0 Å². The molecule has 4 heteroatoms. The molecule has 0 atom stereocenters. The summed E-state index contributed by atoms with van der Waals surface area (Å²) in [6, 6.07) is 39.0. The van der Waals surface area contributed by atoms with Crippen LogP contribution in [0.4, 0.5) is 0 Å². The fourth-order valence-electron chi connectivity index (χ4n) is 6.70. The van der Waals surface area contributed by atoms with Gasteiger partial charge in [-0.25, -0.2) is 4.98 Å². The number of aryl methyl sites for hydroxylation is 4. The maximum absolute atomic E-state index is 9.53. The first-order valence-electron chi connectivity index (χ1n) is 14.9. The molecule has 4 nitrogen and oxygen atoms in total. The largest absolute Gasteiger partial charge is 0.307 e. The standard InChI is InChI=1S/C40H30N4/c1-24-5-13-35-31(17-24)32-18-25(2)6-14-36(32)43(35)39-23-42-40(21-30(39)29-11-9-28(22-41)10-12-29)44-37-15-7-26(3)19-33(37)34-20-27(4)8-16-38(34)44/h5-21,23H,1-4H3. The van der Waals surface area contributed by atoms with E-state index in [0.717, 1.165) is 44.7 Å². The Bertz CT molecular complexity index is 2370. The number of hydrogen-bond donors (Lipinski definition) is 0. The summed E-state index contributed by atoms with van der Waals surface area (Å²) in [6.45, 7) is 8.57. The highest BCUT2D eigenvalue weighted by Crippen LogP contribution is 2.39. The van der Waals surface area contributed by atoms with Crippen molar-refractivity contribution in [2.45, 2.75) is 27.7 Å². The first-order valence-corrected chi connectivity index (χ1v) is 14.9. The van der Waals surface area contributed by atoms with Gasteiger partial charge in [-0.3, -0.25) is 4.57 Å². The molecular weight excluding hydrogens is 536 g/mol. The second-order valence-electron chi connectivity index (χ2n) is 12.0. The quantitative estimate of drug-likeness (QED) is 0.214. The maximum Gasteiger partial charge on any atom is 0.138 e. The van der Waals surface area contributed by atoms with Gasteiger partial charge in [-0.2, -0.15) is 5.26 Å². The lowest BCUT2D eigenvalue weighted by molar-refractivity contribution is 1.05. The highest BCUT2D eigenvalue weighted by atomic mass is 15.1. The van der Waals surface area contributed by atoms with Crippen molar-refractivity contribution in [3.63, 3.8) is 0 Å². The van der Waals surface area contributed by atoms with E-state index >= 15 is 0 Å². The highest BCUT2D eigenvalue weighted by Gasteiger charge is 2.20. The molecular formula is C40H30N4. The number of aromatic nitrogens is 3. The molecule has 0 radical (unpaired) electrons. The number of pyridine rings is 1. The summed E-state index contributed by atoms with van der Waals surface area (Å²) in [5.41, 5.74) is 13.2. The van der Waals surface area contributed by atoms with Gasteiger partial charge in [0.1, 0.15) is 5.82 Å². The molecule has 0 N–H and O–H groups in total. The molecule has 5 aromatic carbocycles. The molecule has 8 rings (SSSR count). The van der Waals surface area contributed by atoms with Crippen LogP contribution >= 0.6 is 0 Å². The van der Waals surface area contributed by atoms with Crippen LogP contribution in [0.15, 0.2) is 109 Å². The van der Waals surface area contributed by atoms with Crippen molar-refractivity contribution in [1.82, 2.24) is 14.1 Å². The summed E-state index contributed by atoms with van der Waals surface area (Å²) in [5.74, 6) is 0.855. The lowest BCUT2D eigenvalue weighted by Crippen LogP contribution is -2.03. The van der Waals surface area contributed by atoms with Gasteiger partial charge in [0.05, 0.1) is 45.6 Å². The van der Waals surface area contributed by atoms with E-state index in [1.807, 2.05) is 30.5 Å². The predicted molar refractivity (Wildman–Crippen MR) is 182 cm³/mol. The number of fused-ring (bicyclic) bond motifs is 6. The molecule has 0 bridgehead atoms. The van der Waals surface area contributed by atoms with Crippen molar-refractivity contribution in [1.29, 1.82) is 5.26 Å². The first-order chi connectivity index (χ1) is 21.4. The monoisotopic (exact) mass is 566 g/mol. The van der Waals surface area contributed by atoms with Crippen LogP contribution < -0.4 is 0 Å². The van der Waals surface area contributed by atoms with Gasteiger partial charge in [0.2, 0.25) is 0 Å². The summed E-state index contributed by atoms with van der Waals surface area (Å²) in [5, 5.41) is 14.4. The molecule has 3 aromatic heterocycles. The van der Waals surface area contributed by atoms with Crippen LogP contribution in [0.2, 0.25) is 0 Å². The zero-order chi connectivity index (χ0) is 30.1. The Kier molecular flexibility index (Phi) is 5.73. The molecule has 3 heterocycles. The van der Waals surface area contributed by atoms with E-state index in [9.17, 15) is 5.26 Å². The Morgan fingerprint density at radius 1 is 0.523 bits per heavy atom. The third-order valence-electron chi connectivity index (χ3n) is 8.82. The fourth-order valence-corrected chi connectivity index (χ4v) is 6.70. The van der Waals surface area contributed by atoms with Crippen LogP contribution in [-0.2, 0) is 0 Å². The van der Waals surface area contributed by atoms with Crippen molar-refractivity contribution in [3.05, 3.63) is 137 Å². The number of benzene rings is 5. The zero-order valence-corrected chi connectivity index (χ0v) is 25.2. The summed E-state index contributed by atoms with van der Waals surface area (Å²) in [7, 11) is 0. The third kappa shape index (κ3) is 3.94. The third-order valence-corrected chi connectivity index (χ3v) is 8.82. The van der Waals surface area contributed by atoms with Gasteiger partial charge in [0.15, 0.2) is 0 Å². The van der Waals surface area contributed by atoms with Gasteiger partial charge >= 0.3 is 0 Å². The first kappa shape index (κ1) is 26.0. The second kappa shape index (κ2) is 9.69. The Morgan fingerprint density at radius 3 is 1.39 bits per heavy atom. The normalized spacial score (nSPS) is 11.6. The number of nitrogens with zero attached hydrogens (tertiary/aromatic N) is 4. The zero-order valence-electron chi connectivity index (χ0n) is 25.2. The molecule has 0 saturated heterocycles. The summed E-state index contributed by atoms with van der Waals surface area (Å²) < 4.78 is 4.62. The van der Waals surface area contributed by atoms with Crippen molar-refractivity contribution in [2.24, 2.45) is 0 Å². The number of nitriles is 1. The molecule has 8 aromatic rings. The topological polar surface area (TPSA) is 46.5 Å².